The zero-order valence-corrected chi connectivity index (χ0v) is 12.6. The quantitative estimate of drug-likeness (QED) is 0.690. The van der Waals surface area contributed by atoms with Crippen molar-refractivity contribution >= 4 is 23.7 Å². The van der Waals surface area contributed by atoms with Crippen LogP contribution < -0.4 is 5.76 Å². The van der Waals surface area contributed by atoms with Crippen molar-refractivity contribution in [3.05, 3.63) is 63.9 Å². The number of nitrogens with zero attached hydrogens (tertiary/aromatic N) is 1. The van der Waals surface area contributed by atoms with Gasteiger partial charge in [0.25, 0.3) is 0 Å². The minimum Gasteiger partial charge on any atom is -0.408 e. The van der Waals surface area contributed by atoms with Gasteiger partial charge in [0.15, 0.2) is 5.58 Å². The third-order valence-corrected chi connectivity index (χ3v) is 4.67. The minimum atomic E-state index is -0.450. The van der Waals surface area contributed by atoms with Crippen LogP contribution in [0.4, 0.5) is 4.39 Å². The largest absolute Gasteiger partial charge is 0.420 e. The maximum absolute atomic E-state index is 13.9. The lowest BCUT2D eigenvalue weighted by Crippen LogP contribution is -2.24. The van der Waals surface area contributed by atoms with E-state index in [2.05, 4.69) is 18.7 Å². The molecule has 0 bridgehead atoms. The first-order valence-corrected chi connectivity index (χ1v) is 7.71. The topological polar surface area (TPSA) is 35.1 Å². The Bertz CT molecular complexity index is 928. The summed E-state index contributed by atoms with van der Waals surface area (Å²) >= 11 is 4.04. The molecule has 1 unspecified atom stereocenters. The van der Waals surface area contributed by atoms with Crippen LogP contribution in [-0.4, -0.2) is 4.57 Å². The third-order valence-electron chi connectivity index (χ3n) is 4.33. The second-order valence-electron chi connectivity index (χ2n) is 5.62. The molecule has 3 nitrogen and oxygen atoms in total. The van der Waals surface area contributed by atoms with Gasteiger partial charge in [0.1, 0.15) is 5.82 Å². The highest BCUT2D eigenvalue weighted by molar-refractivity contribution is 7.80. The van der Waals surface area contributed by atoms with Gasteiger partial charge >= 0.3 is 5.76 Å². The molecule has 0 fully saturated rings. The molecule has 2 aromatic carbocycles. The number of halogens is 1. The van der Waals surface area contributed by atoms with Crippen LogP contribution in [0.15, 0.2) is 50.5 Å². The number of thiol groups is 1. The molecule has 3 aromatic rings. The molecule has 0 amide bonds. The summed E-state index contributed by atoms with van der Waals surface area (Å²) in [6.45, 7) is 0. The number of hydrogen-bond donors (Lipinski definition) is 1. The van der Waals surface area contributed by atoms with Gasteiger partial charge in [0.05, 0.1) is 11.6 Å². The molecule has 22 heavy (non-hydrogen) atoms. The van der Waals surface area contributed by atoms with Crippen LogP contribution in [-0.2, 0) is 6.42 Å². The molecule has 112 valence electrons. The monoisotopic (exact) mass is 315 g/mol. The summed E-state index contributed by atoms with van der Waals surface area (Å²) < 4.78 is 20.7. The average molecular weight is 315 g/mol. The molecule has 0 radical (unpaired) electrons. The fourth-order valence-electron chi connectivity index (χ4n) is 3.34. The molecular formula is C17H14FNO2S. The van der Waals surface area contributed by atoms with E-state index in [0.29, 0.717) is 11.1 Å². The molecule has 4 rings (SSSR count). The van der Waals surface area contributed by atoms with E-state index < -0.39 is 11.6 Å². The molecular weight excluding hydrogens is 301 g/mol. The number of aromatic nitrogens is 1. The van der Waals surface area contributed by atoms with E-state index in [4.69, 9.17) is 4.42 Å². The van der Waals surface area contributed by atoms with Crippen molar-refractivity contribution in [2.75, 3.05) is 0 Å². The molecule has 1 aliphatic carbocycles. The maximum atomic E-state index is 13.9. The highest BCUT2D eigenvalue weighted by Gasteiger charge is 2.26. The Balaban J connectivity index is 1.98. The van der Waals surface area contributed by atoms with Gasteiger partial charge in [-0.05, 0) is 36.5 Å². The standard InChI is InChI=1S/C17H14FNO2S/c18-12-8-14-15(9-16(12)22)21-17(20)19(14)13-7-3-5-10-4-1-2-6-11(10)13/h1-2,4,6,8-9,13,22H,3,5,7H2. The van der Waals surface area contributed by atoms with Gasteiger partial charge in [-0.15, -0.1) is 12.6 Å². The van der Waals surface area contributed by atoms with Gasteiger partial charge in [-0.1, -0.05) is 24.3 Å². The van der Waals surface area contributed by atoms with Crippen LogP contribution in [0.3, 0.4) is 0 Å². The first kappa shape index (κ1) is 13.6. The molecule has 5 heteroatoms. The Morgan fingerprint density at radius 1 is 1.27 bits per heavy atom. The smallest absolute Gasteiger partial charge is 0.408 e. The van der Waals surface area contributed by atoms with Gasteiger partial charge in [0.2, 0.25) is 0 Å². The number of hydrogen-bond acceptors (Lipinski definition) is 3. The van der Waals surface area contributed by atoms with Gasteiger partial charge in [-0.25, -0.2) is 9.18 Å². The lowest BCUT2D eigenvalue weighted by atomic mass is 9.87. The normalized spacial score (nSPS) is 17.6. The number of rotatable bonds is 1. The van der Waals surface area contributed by atoms with Crippen LogP contribution in [0.1, 0.15) is 30.0 Å². The molecule has 1 aromatic heterocycles. The summed E-state index contributed by atoms with van der Waals surface area (Å²) in [5, 5.41) is 0. The molecule has 0 saturated carbocycles. The third kappa shape index (κ3) is 2.00. The van der Waals surface area contributed by atoms with Crippen LogP contribution in [0.25, 0.3) is 11.1 Å². The number of benzene rings is 2. The van der Waals surface area contributed by atoms with Crippen LogP contribution in [0.2, 0.25) is 0 Å². The van der Waals surface area contributed by atoms with E-state index in [1.54, 1.807) is 4.57 Å². The van der Waals surface area contributed by atoms with Crippen LogP contribution in [0.5, 0.6) is 0 Å². The summed E-state index contributed by atoms with van der Waals surface area (Å²) in [5.41, 5.74) is 3.22. The lowest BCUT2D eigenvalue weighted by molar-refractivity contribution is 0.437. The predicted octanol–water partition coefficient (Wildman–Crippen LogP) is 3.95. The van der Waals surface area contributed by atoms with Gasteiger partial charge in [-0.2, -0.15) is 0 Å². The highest BCUT2D eigenvalue weighted by Crippen LogP contribution is 2.34. The maximum Gasteiger partial charge on any atom is 0.420 e. The van der Waals surface area contributed by atoms with Gasteiger partial charge in [0, 0.05) is 11.0 Å². The fraction of sp³-hybridized carbons (Fsp3) is 0.235. The summed E-state index contributed by atoms with van der Waals surface area (Å²) in [6.07, 6.45) is 2.84. The molecule has 1 heterocycles. The van der Waals surface area contributed by atoms with Crippen molar-refractivity contribution in [2.24, 2.45) is 0 Å². The second kappa shape index (κ2) is 5.02. The molecule has 0 N–H and O–H groups in total. The highest BCUT2D eigenvalue weighted by atomic mass is 32.1. The van der Waals surface area contributed by atoms with E-state index in [1.165, 1.54) is 17.7 Å². The summed E-state index contributed by atoms with van der Waals surface area (Å²) in [7, 11) is 0. The van der Waals surface area contributed by atoms with E-state index in [1.807, 2.05) is 18.2 Å². The number of fused-ring (bicyclic) bond motifs is 2. The van der Waals surface area contributed by atoms with Crippen molar-refractivity contribution in [3.63, 3.8) is 0 Å². The zero-order valence-electron chi connectivity index (χ0n) is 11.8. The molecule has 1 aliphatic rings. The van der Waals surface area contributed by atoms with Crippen molar-refractivity contribution in [1.29, 1.82) is 0 Å². The van der Waals surface area contributed by atoms with Crippen molar-refractivity contribution in [1.82, 2.24) is 4.57 Å². The fourth-order valence-corrected chi connectivity index (χ4v) is 3.52. The molecule has 0 saturated heterocycles. The Morgan fingerprint density at radius 3 is 2.95 bits per heavy atom. The number of aryl methyl sites for hydroxylation is 1. The lowest BCUT2D eigenvalue weighted by Gasteiger charge is -2.26. The van der Waals surface area contributed by atoms with Crippen LogP contribution >= 0.6 is 12.6 Å². The van der Waals surface area contributed by atoms with E-state index >= 15 is 0 Å². The van der Waals surface area contributed by atoms with E-state index in [0.717, 1.165) is 24.8 Å². The van der Waals surface area contributed by atoms with E-state index in [-0.39, 0.29) is 10.9 Å². The van der Waals surface area contributed by atoms with Crippen molar-refractivity contribution in [3.8, 4) is 0 Å². The van der Waals surface area contributed by atoms with Crippen molar-refractivity contribution < 1.29 is 8.81 Å². The molecule has 0 spiro atoms. The predicted molar refractivity (Wildman–Crippen MR) is 85.2 cm³/mol. The summed E-state index contributed by atoms with van der Waals surface area (Å²) in [5.74, 6) is -0.899. The average Bonchev–Trinajstić information content (AvgIpc) is 2.82. The minimum absolute atomic E-state index is 0.108. The molecule has 0 aliphatic heterocycles. The Morgan fingerprint density at radius 2 is 2.09 bits per heavy atom. The second-order valence-corrected chi connectivity index (χ2v) is 6.10. The van der Waals surface area contributed by atoms with Gasteiger partial charge < -0.3 is 4.42 Å². The van der Waals surface area contributed by atoms with Crippen molar-refractivity contribution in [2.45, 2.75) is 30.2 Å². The molecule has 1 atom stereocenters. The van der Waals surface area contributed by atoms with E-state index in [9.17, 15) is 9.18 Å². The first-order chi connectivity index (χ1) is 10.6. The summed E-state index contributed by atoms with van der Waals surface area (Å²) in [6, 6.07) is 10.8. The van der Waals surface area contributed by atoms with Gasteiger partial charge in [-0.3, -0.25) is 4.57 Å². The van der Waals surface area contributed by atoms with Crippen LogP contribution in [0, 0.1) is 5.82 Å². The zero-order chi connectivity index (χ0) is 15.3. The Labute approximate surface area is 131 Å². The number of oxazole rings is 1. The Kier molecular flexibility index (Phi) is 3.11. The first-order valence-electron chi connectivity index (χ1n) is 7.26. The SMILES string of the molecule is O=c1oc2cc(S)c(F)cc2n1C1CCCc2ccccc21. The Hall–Kier alpha value is -2.01. The summed E-state index contributed by atoms with van der Waals surface area (Å²) in [4.78, 5) is 12.5.